The molecule has 3 N–H and O–H groups in total. The van der Waals surface area contributed by atoms with Crippen molar-refractivity contribution in [2.45, 2.75) is 78.0 Å². The third-order valence-corrected chi connectivity index (χ3v) is 11.2. The van der Waals surface area contributed by atoms with Crippen molar-refractivity contribution in [3.63, 3.8) is 0 Å². The number of thiophene rings is 1. The van der Waals surface area contributed by atoms with E-state index in [-0.39, 0.29) is 30.2 Å². The van der Waals surface area contributed by atoms with Crippen molar-refractivity contribution in [1.82, 2.24) is 20.1 Å². The van der Waals surface area contributed by atoms with Crippen molar-refractivity contribution in [3.8, 4) is 5.00 Å². The van der Waals surface area contributed by atoms with Crippen LogP contribution in [0.25, 0.3) is 5.00 Å². The molecule has 3 fully saturated rings. The van der Waals surface area contributed by atoms with E-state index in [2.05, 4.69) is 43.2 Å². The van der Waals surface area contributed by atoms with Crippen LogP contribution in [0.4, 0.5) is 0 Å². The Balaban J connectivity index is 1.27. The van der Waals surface area contributed by atoms with E-state index in [0.29, 0.717) is 29.6 Å². The maximum absolute atomic E-state index is 13.3. The van der Waals surface area contributed by atoms with Gasteiger partial charge in [-0.25, -0.2) is 0 Å². The molecule has 1 aromatic carbocycles. The third kappa shape index (κ3) is 4.24. The summed E-state index contributed by atoms with van der Waals surface area (Å²) in [6.07, 6.45) is 1.17. The number of rotatable bonds is 6. The van der Waals surface area contributed by atoms with Crippen LogP contribution in [-0.4, -0.2) is 54.8 Å². The number of carbonyl (C=O) groups is 1. The van der Waals surface area contributed by atoms with Crippen LogP contribution in [0, 0.1) is 38.0 Å². The van der Waals surface area contributed by atoms with Gasteiger partial charge in [-0.1, -0.05) is 37.6 Å². The highest BCUT2D eigenvalue weighted by atomic mass is 35.5. The van der Waals surface area contributed by atoms with Gasteiger partial charge < -0.3 is 15.5 Å². The second kappa shape index (κ2) is 9.76. The second-order valence-electron chi connectivity index (χ2n) is 12.3. The number of aliphatic imine (C=N–C) groups is 1. The van der Waals surface area contributed by atoms with Crippen molar-refractivity contribution in [3.05, 3.63) is 62.5 Å². The highest BCUT2D eigenvalue weighted by molar-refractivity contribution is 7.15. The fraction of sp³-hybridized carbons (Fsp3) is 0.533. The van der Waals surface area contributed by atoms with Crippen LogP contribution in [0.3, 0.4) is 0 Å². The van der Waals surface area contributed by atoms with Crippen molar-refractivity contribution in [2.24, 2.45) is 22.2 Å². The van der Waals surface area contributed by atoms with Gasteiger partial charge in [0, 0.05) is 27.6 Å². The van der Waals surface area contributed by atoms with Crippen LogP contribution in [0.15, 0.2) is 29.3 Å². The average Bonchev–Trinajstić information content (AvgIpc) is 3.38. The van der Waals surface area contributed by atoms with Crippen LogP contribution >= 0.6 is 22.9 Å². The number of nitrogens with one attached hydrogen (secondary N) is 1. The molecule has 3 saturated carbocycles. The first-order valence-electron chi connectivity index (χ1n) is 13.9. The largest absolute Gasteiger partial charge is 0.390 e. The molecule has 0 radical (unpaired) electrons. The molecule has 40 heavy (non-hydrogen) atoms. The summed E-state index contributed by atoms with van der Waals surface area (Å²) in [4.78, 5) is 19.6. The lowest BCUT2D eigenvalue weighted by Crippen LogP contribution is -2.68. The standard InChI is InChI=1S/C30H36ClN5O3S/c1-15-16(2)40-28-25(15)26(18-6-8-20(31)9-7-18)33-21(27-35-34-17(3)36(27)28)14-24(38)32-11-10-30(39)22-12-19(13-23(30)37)29(22,4)5/h6-9,19,21-23,37,39H,10-14H2,1-5H3,(H,32,38)/t19-,21-,22-,23+,30-/m0/s1. The molecule has 7 rings (SSSR count). The van der Waals surface area contributed by atoms with Crippen LogP contribution < -0.4 is 5.32 Å². The van der Waals surface area contributed by atoms with E-state index >= 15 is 0 Å². The minimum atomic E-state index is -1.19. The van der Waals surface area contributed by atoms with Gasteiger partial charge in [-0.2, -0.15) is 0 Å². The summed E-state index contributed by atoms with van der Waals surface area (Å²) in [5.74, 6) is 1.66. The molecule has 5 atom stereocenters. The second-order valence-corrected chi connectivity index (χ2v) is 13.9. The van der Waals surface area contributed by atoms with Crippen LogP contribution in [0.2, 0.25) is 5.02 Å². The number of hydrogen-bond donors (Lipinski definition) is 3. The fourth-order valence-electron chi connectivity index (χ4n) is 7.09. The Morgan fingerprint density at radius 3 is 2.60 bits per heavy atom. The first kappa shape index (κ1) is 27.6. The summed E-state index contributed by atoms with van der Waals surface area (Å²) < 4.78 is 2.03. The van der Waals surface area contributed by atoms with Crippen LogP contribution in [0.5, 0.6) is 0 Å². The number of nitrogens with zero attached hydrogens (tertiary/aromatic N) is 4. The Kier molecular flexibility index (Phi) is 6.72. The van der Waals surface area contributed by atoms with Gasteiger partial charge in [0.05, 0.1) is 23.8 Å². The lowest BCUT2D eigenvalue weighted by Gasteiger charge is -2.65. The number of hydrogen-bond acceptors (Lipinski definition) is 7. The molecular weight excluding hydrogens is 546 g/mol. The number of carbonyl (C=O) groups excluding carboxylic acids is 1. The molecule has 10 heteroatoms. The molecule has 2 bridgehead atoms. The highest BCUT2D eigenvalue weighted by Gasteiger charge is 2.64. The molecule has 0 spiro atoms. The van der Waals surface area contributed by atoms with E-state index in [4.69, 9.17) is 16.6 Å². The monoisotopic (exact) mass is 581 g/mol. The van der Waals surface area contributed by atoms with E-state index in [1.54, 1.807) is 11.3 Å². The van der Waals surface area contributed by atoms with E-state index in [1.807, 2.05) is 35.8 Å². The zero-order valence-electron chi connectivity index (χ0n) is 23.5. The lowest BCUT2D eigenvalue weighted by atomic mass is 9.43. The zero-order chi connectivity index (χ0) is 28.6. The van der Waals surface area contributed by atoms with Crippen molar-refractivity contribution >= 4 is 34.6 Å². The Hall–Kier alpha value is -2.59. The smallest absolute Gasteiger partial charge is 0.222 e. The average molecular weight is 582 g/mol. The molecule has 0 unspecified atom stereocenters. The van der Waals surface area contributed by atoms with Gasteiger partial charge in [0.15, 0.2) is 5.82 Å². The number of fused-ring (bicyclic) bond motifs is 5. The normalized spacial score (nSPS) is 28.1. The Bertz CT molecular complexity index is 1510. The SMILES string of the molecule is Cc1sc2c(c1C)C(c1ccc(Cl)cc1)=N[C@@H](CC(=O)NCC[C@@]1(O)[C@H](O)C[C@@H]3C[C@H]1C3(C)C)c1nnc(C)n1-2. The van der Waals surface area contributed by atoms with Crippen molar-refractivity contribution < 1.29 is 15.0 Å². The van der Waals surface area contributed by atoms with Gasteiger partial charge in [0.2, 0.25) is 5.91 Å². The summed E-state index contributed by atoms with van der Waals surface area (Å²) >= 11 is 7.87. The lowest BCUT2D eigenvalue weighted by molar-refractivity contribution is -0.255. The Morgan fingerprint density at radius 1 is 1.18 bits per heavy atom. The molecule has 212 valence electrons. The molecule has 3 aromatic rings. The van der Waals surface area contributed by atoms with Gasteiger partial charge in [-0.3, -0.25) is 14.4 Å². The molecule has 2 aromatic heterocycles. The van der Waals surface area contributed by atoms with Gasteiger partial charge >= 0.3 is 0 Å². The van der Waals surface area contributed by atoms with Gasteiger partial charge in [-0.05, 0) is 75.0 Å². The molecular formula is C30H36ClN5O3S. The van der Waals surface area contributed by atoms with E-state index < -0.39 is 17.7 Å². The quantitative estimate of drug-likeness (QED) is 0.385. The summed E-state index contributed by atoms with van der Waals surface area (Å²) in [6, 6.07) is 7.05. The topological polar surface area (TPSA) is 113 Å². The maximum Gasteiger partial charge on any atom is 0.222 e. The number of aryl methyl sites for hydroxylation is 2. The predicted octanol–water partition coefficient (Wildman–Crippen LogP) is 4.85. The number of aromatic nitrogens is 3. The zero-order valence-corrected chi connectivity index (χ0v) is 25.1. The van der Waals surface area contributed by atoms with Crippen LogP contribution in [0.1, 0.15) is 78.8 Å². The van der Waals surface area contributed by atoms with E-state index in [9.17, 15) is 15.0 Å². The minimum Gasteiger partial charge on any atom is -0.390 e. The maximum atomic E-state index is 13.3. The number of aliphatic hydroxyl groups is 2. The fourth-order valence-corrected chi connectivity index (χ4v) is 8.43. The molecule has 0 saturated heterocycles. The summed E-state index contributed by atoms with van der Waals surface area (Å²) in [7, 11) is 0. The molecule has 1 aliphatic heterocycles. The van der Waals surface area contributed by atoms with Crippen LogP contribution in [-0.2, 0) is 4.79 Å². The summed E-state index contributed by atoms with van der Waals surface area (Å²) in [5, 5.41) is 35.6. The minimum absolute atomic E-state index is 0.00337. The molecule has 4 aliphatic rings. The van der Waals surface area contributed by atoms with Crippen molar-refractivity contribution in [1.29, 1.82) is 0 Å². The first-order valence-corrected chi connectivity index (χ1v) is 15.1. The summed E-state index contributed by atoms with van der Waals surface area (Å²) in [6.45, 7) is 10.7. The molecule has 8 nitrogen and oxygen atoms in total. The first-order chi connectivity index (χ1) is 18.9. The number of aliphatic hydroxyl groups excluding tert-OH is 1. The molecule has 1 amide bonds. The number of benzene rings is 1. The third-order valence-electron chi connectivity index (χ3n) is 9.74. The van der Waals surface area contributed by atoms with Gasteiger partial charge in [-0.15, -0.1) is 21.5 Å². The van der Waals surface area contributed by atoms with E-state index in [1.165, 1.54) is 4.88 Å². The highest BCUT2D eigenvalue weighted by Crippen LogP contribution is 2.63. The van der Waals surface area contributed by atoms with Gasteiger partial charge in [0.25, 0.3) is 0 Å². The molecule has 3 heterocycles. The Labute approximate surface area is 243 Å². The van der Waals surface area contributed by atoms with Crippen molar-refractivity contribution in [2.75, 3.05) is 6.54 Å². The molecule has 3 aliphatic carbocycles. The summed E-state index contributed by atoms with van der Waals surface area (Å²) in [5.41, 5.74) is 2.70. The van der Waals surface area contributed by atoms with Gasteiger partial charge in [0.1, 0.15) is 16.9 Å². The number of amides is 1. The van der Waals surface area contributed by atoms with E-state index in [0.717, 1.165) is 39.6 Å². The predicted molar refractivity (Wildman–Crippen MR) is 156 cm³/mol. The Morgan fingerprint density at radius 2 is 1.90 bits per heavy atom. The number of halogens is 1.